The molecule has 1 aromatic rings. The van der Waals surface area contributed by atoms with Gasteiger partial charge >= 0.3 is 6.03 Å². The normalized spacial score (nSPS) is 23.4. The van der Waals surface area contributed by atoms with Crippen LogP contribution in [0.3, 0.4) is 0 Å². The number of hydrogen-bond acceptors (Lipinski definition) is 6. The van der Waals surface area contributed by atoms with Crippen LogP contribution in [0.2, 0.25) is 0 Å². The lowest BCUT2D eigenvalue weighted by Crippen LogP contribution is -2.50. The number of imide groups is 1. The first-order valence-electron chi connectivity index (χ1n) is 10.5. The number of hydrogen-bond donors (Lipinski definition) is 3. The number of carbonyl (C=O) groups is 3. The summed E-state index contributed by atoms with van der Waals surface area (Å²) in [5, 5.41) is 10.8. The Kier molecular flexibility index (Phi) is 7.60. The Labute approximate surface area is 175 Å². The fourth-order valence-electron chi connectivity index (χ4n) is 4.08. The van der Waals surface area contributed by atoms with Gasteiger partial charge in [-0.1, -0.05) is 19.8 Å². The highest BCUT2D eigenvalue weighted by atomic mass is 32.1. The maximum absolute atomic E-state index is 12.4. The van der Waals surface area contributed by atoms with Crippen LogP contribution in [0, 0.1) is 18.8 Å². The number of amides is 4. The highest BCUT2D eigenvalue weighted by Gasteiger charge is 2.27. The molecular weight excluding hydrogens is 390 g/mol. The number of piperidine rings is 1. The number of rotatable bonds is 5. The summed E-state index contributed by atoms with van der Waals surface area (Å²) in [6, 6.07) is -0.255. The first-order valence-corrected chi connectivity index (χ1v) is 11.3. The molecule has 3 rings (SSSR count). The minimum absolute atomic E-state index is 0.00979. The van der Waals surface area contributed by atoms with Crippen LogP contribution < -0.4 is 16.0 Å². The second kappa shape index (κ2) is 10.2. The first-order chi connectivity index (χ1) is 13.9. The summed E-state index contributed by atoms with van der Waals surface area (Å²) >= 11 is 1.42. The quantitative estimate of drug-likeness (QED) is 0.678. The zero-order chi connectivity index (χ0) is 20.8. The maximum Gasteiger partial charge on any atom is 0.321 e. The van der Waals surface area contributed by atoms with Crippen molar-refractivity contribution >= 4 is 34.3 Å². The molecule has 1 aliphatic carbocycles. The molecule has 9 heteroatoms. The highest BCUT2D eigenvalue weighted by molar-refractivity contribution is 7.13. The van der Waals surface area contributed by atoms with Gasteiger partial charge in [-0.15, -0.1) is 11.3 Å². The van der Waals surface area contributed by atoms with Gasteiger partial charge in [0.1, 0.15) is 0 Å². The van der Waals surface area contributed by atoms with Crippen molar-refractivity contribution in [2.24, 2.45) is 11.8 Å². The van der Waals surface area contributed by atoms with Gasteiger partial charge in [-0.05, 0) is 51.6 Å². The van der Waals surface area contributed by atoms with Crippen molar-refractivity contribution in [2.45, 2.75) is 58.4 Å². The topological polar surface area (TPSA) is 103 Å². The van der Waals surface area contributed by atoms with Gasteiger partial charge in [0.25, 0.3) is 0 Å². The third-order valence-electron chi connectivity index (χ3n) is 5.86. The predicted molar refractivity (Wildman–Crippen MR) is 113 cm³/mol. The Morgan fingerprint density at radius 3 is 2.55 bits per heavy atom. The molecule has 1 saturated heterocycles. The van der Waals surface area contributed by atoms with E-state index in [4.69, 9.17) is 0 Å². The summed E-state index contributed by atoms with van der Waals surface area (Å²) in [4.78, 5) is 42.9. The molecule has 0 aromatic carbocycles. The fraction of sp³-hybridized carbons (Fsp3) is 0.700. The number of carbonyl (C=O) groups excluding carboxylic acids is 3. The number of thiazole rings is 1. The second-order valence-corrected chi connectivity index (χ2v) is 9.08. The Bertz CT molecular complexity index is 729. The summed E-state index contributed by atoms with van der Waals surface area (Å²) in [6.45, 7) is 5.52. The van der Waals surface area contributed by atoms with Gasteiger partial charge in [0.2, 0.25) is 11.8 Å². The number of anilines is 1. The van der Waals surface area contributed by atoms with E-state index in [1.54, 1.807) is 0 Å². The summed E-state index contributed by atoms with van der Waals surface area (Å²) in [7, 11) is 0. The molecule has 0 bridgehead atoms. The molecule has 0 unspecified atom stereocenters. The fourth-order valence-corrected chi connectivity index (χ4v) is 4.77. The number of nitrogens with one attached hydrogen (secondary N) is 3. The van der Waals surface area contributed by atoms with E-state index in [9.17, 15) is 14.4 Å². The molecule has 1 aromatic heterocycles. The zero-order valence-corrected chi connectivity index (χ0v) is 18.0. The smallest absolute Gasteiger partial charge is 0.321 e. The monoisotopic (exact) mass is 421 g/mol. The van der Waals surface area contributed by atoms with Gasteiger partial charge in [0.05, 0.1) is 12.2 Å². The molecule has 1 aliphatic heterocycles. The molecule has 3 N–H and O–H groups in total. The summed E-state index contributed by atoms with van der Waals surface area (Å²) in [5.74, 6) is 0.0641. The van der Waals surface area contributed by atoms with Gasteiger partial charge < -0.3 is 10.6 Å². The molecule has 4 amide bonds. The van der Waals surface area contributed by atoms with Crippen LogP contribution in [0.5, 0.6) is 0 Å². The number of urea groups is 1. The molecular formula is C20H31N5O3S. The summed E-state index contributed by atoms with van der Waals surface area (Å²) < 4.78 is 0. The van der Waals surface area contributed by atoms with Crippen molar-refractivity contribution in [2.75, 3.05) is 25.0 Å². The van der Waals surface area contributed by atoms with E-state index in [2.05, 4.69) is 27.9 Å². The van der Waals surface area contributed by atoms with Crippen molar-refractivity contribution < 1.29 is 14.4 Å². The maximum atomic E-state index is 12.4. The van der Waals surface area contributed by atoms with Crippen LogP contribution in [0.15, 0.2) is 5.38 Å². The van der Waals surface area contributed by atoms with E-state index < -0.39 is 6.03 Å². The Hall–Kier alpha value is -2.00. The minimum atomic E-state index is -0.401. The number of likely N-dealkylation sites (tertiary alicyclic amines) is 1. The third kappa shape index (κ3) is 6.50. The van der Waals surface area contributed by atoms with E-state index in [0.717, 1.165) is 25.0 Å². The number of aryl methyl sites for hydroxylation is 1. The summed E-state index contributed by atoms with van der Waals surface area (Å²) in [5.41, 5.74) is 0.896. The van der Waals surface area contributed by atoms with Gasteiger partial charge in [0, 0.05) is 17.3 Å². The lowest BCUT2D eigenvalue weighted by atomic mass is 9.86. The van der Waals surface area contributed by atoms with Crippen molar-refractivity contribution in [3.63, 3.8) is 0 Å². The van der Waals surface area contributed by atoms with Gasteiger partial charge in [-0.3, -0.25) is 19.8 Å². The zero-order valence-electron chi connectivity index (χ0n) is 17.2. The van der Waals surface area contributed by atoms with Gasteiger partial charge in [-0.2, -0.15) is 0 Å². The second-order valence-electron chi connectivity index (χ2n) is 8.22. The van der Waals surface area contributed by atoms with E-state index in [-0.39, 0.29) is 30.3 Å². The van der Waals surface area contributed by atoms with Crippen LogP contribution >= 0.6 is 11.3 Å². The average molecular weight is 422 g/mol. The molecule has 8 nitrogen and oxygen atoms in total. The third-order valence-corrected chi connectivity index (χ3v) is 6.73. The van der Waals surface area contributed by atoms with E-state index in [1.165, 1.54) is 17.8 Å². The van der Waals surface area contributed by atoms with Crippen molar-refractivity contribution in [3.8, 4) is 0 Å². The molecule has 2 heterocycles. The van der Waals surface area contributed by atoms with E-state index in [0.29, 0.717) is 37.0 Å². The molecule has 2 aliphatic rings. The largest absolute Gasteiger partial charge is 0.335 e. The molecule has 2 atom stereocenters. The predicted octanol–water partition coefficient (Wildman–Crippen LogP) is 2.51. The molecule has 0 radical (unpaired) electrons. The molecule has 160 valence electrons. The molecule has 29 heavy (non-hydrogen) atoms. The van der Waals surface area contributed by atoms with Crippen molar-refractivity contribution in [3.05, 3.63) is 11.1 Å². The van der Waals surface area contributed by atoms with Crippen LogP contribution in [-0.4, -0.2) is 53.4 Å². The SMILES string of the molecule is Cc1csc(NC(=O)C2CCN(CC(=O)NC(=O)N[C@@H]3CCCC[C@H]3C)CC2)n1. The minimum Gasteiger partial charge on any atom is -0.335 e. The van der Waals surface area contributed by atoms with E-state index in [1.807, 2.05) is 17.2 Å². The number of aromatic nitrogens is 1. The van der Waals surface area contributed by atoms with Crippen LogP contribution in [-0.2, 0) is 9.59 Å². The van der Waals surface area contributed by atoms with Crippen molar-refractivity contribution in [1.29, 1.82) is 0 Å². The number of nitrogens with zero attached hydrogens (tertiary/aromatic N) is 2. The van der Waals surface area contributed by atoms with Crippen LogP contribution in [0.25, 0.3) is 0 Å². The Balaban J connectivity index is 1.35. The van der Waals surface area contributed by atoms with Crippen molar-refractivity contribution in [1.82, 2.24) is 20.5 Å². The molecule has 0 spiro atoms. The summed E-state index contributed by atoms with van der Waals surface area (Å²) in [6.07, 6.45) is 5.79. The molecule has 1 saturated carbocycles. The molecule has 2 fully saturated rings. The van der Waals surface area contributed by atoms with Crippen LogP contribution in [0.4, 0.5) is 9.93 Å². The Morgan fingerprint density at radius 2 is 1.90 bits per heavy atom. The van der Waals surface area contributed by atoms with Crippen LogP contribution in [0.1, 0.15) is 51.1 Å². The first kappa shape index (κ1) is 21.7. The Morgan fingerprint density at radius 1 is 1.17 bits per heavy atom. The lowest BCUT2D eigenvalue weighted by Gasteiger charge is -2.31. The lowest BCUT2D eigenvalue weighted by molar-refractivity contribution is -0.122. The standard InChI is InChI=1S/C20H31N5O3S/c1-13-5-3-4-6-16(13)22-19(28)23-17(26)11-25-9-7-15(8-10-25)18(27)24-20-21-14(2)12-29-20/h12-13,15-16H,3-11H2,1-2H3,(H,21,24,27)(H2,22,23,26,28)/t13-,16-/m1/s1. The average Bonchev–Trinajstić information content (AvgIpc) is 3.08. The van der Waals surface area contributed by atoms with E-state index >= 15 is 0 Å². The highest BCUT2D eigenvalue weighted by Crippen LogP contribution is 2.24. The van der Waals surface area contributed by atoms with Gasteiger partial charge in [0.15, 0.2) is 5.13 Å². The van der Waals surface area contributed by atoms with Gasteiger partial charge in [-0.25, -0.2) is 9.78 Å².